The van der Waals surface area contributed by atoms with Crippen molar-refractivity contribution in [1.82, 2.24) is 24.8 Å². The lowest BCUT2D eigenvalue weighted by Gasteiger charge is -2.12. The lowest BCUT2D eigenvalue weighted by atomic mass is 10.1. The van der Waals surface area contributed by atoms with Crippen LogP contribution in [0.5, 0.6) is 5.75 Å². The number of benzene rings is 3. The van der Waals surface area contributed by atoms with Gasteiger partial charge in [-0.2, -0.15) is 0 Å². The predicted molar refractivity (Wildman–Crippen MR) is 178 cm³/mol. The molecule has 0 bridgehead atoms. The largest absolute Gasteiger partial charge is 0.507 e. The average molecular weight is 602 g/mol. The third-order valence-corrected chi connectivity index (χ3v) is 7.74. The van der Waals surface area contributed by atoms with E-state index < -0.39 is 0 Å². The number of imidazole rings is 1. The van der Waals surface area contributed by atoms with Crippen LogP contribution in [0, 0.1) is 0 Å². The zero-order chi connectivity index (χ0) is 30.5. The van der Waals surface area contributed by atoms with E-state index in [2.05, 4.69) is 45.4 Å². The highest BCUT2D eigenvalue weighted by Crippen LogP contribution is 2.32. The standard InChI is InChI=1S/C34H31N7O2S/c1-44-40-26-5-2-4-24(19-26)29-13-14-30-34(38-29)41(33(39-30)28-6-3-16-37-32(28)35)27-11-8-23(9-12-27)20-36-17-15-22-7-10-25(21-42)31(43)18-22/h2-14,16,18-19,21,36,40,43H,15,17,20H2,1H3,(H2,35,37). The van der Waals surface area contributed by atoms with E-state index in [1.54, 1.807) is 30.3 Å². The second-order valence-electron chi connectivity index (χ2n) is 10.2. The van der Waals surface area contributed by atoms with Crippen molar-refractivity contribution in [2.45, 2.75) is 13.0 Å². The van der Waals surface area contributed by atoms with E-state index in [4.69, 9.17) is 15.7 Å². The Morgan fingerprint density at radius 2 is 1.80 bits per heavy atom. The molecule has 9 nitrogen and oxygen atoms in total. The molecule has 0 aliphatic carbocycles. The van der Waals surface area contributed by atoms with Crippen LogP contribution in [0.2, 0.25) is 0 Å². The van der Waals surface area contributed by atoms with Gasteiger partial charge in [-0.1, -0.05) is 42.3 Å². The van der Waals surface area contributed by atoms with E-state index in [9.17, 15) is 9.90 Å². The van der Waals surface area contributed by atoms with Crippen molar-refractivity contribution >= 4 is 40.9 Å². The summed E-state index contributed by atoms with van der Waals surface area (Å²) in [4.78, 5) is 25.3. The molecule has 220 valence electrons. The molecule has 0 spiro atoms. The molecule has 0 radical (unpaired) electrons. The van der Waals surface area contributed by atoms with Crippen LogP contribution < -0.4 is 15.8 Å². The number of phenolic OH excluding ortho intramolecular Hbond substituents is 1. The summed E-state index contributed by atoms with van der Waals surface area (Å²) in [6.45, 7) is 1.40. The Balaban J connectivity index is 1.29. The monoisotopic (exact) mass is 601 g/mol. The van der Waals surface area contributed by atoms with E-state index in [0.29, 0.717) is 30.0 Å². The van der Waals surface area contributed by atoms with Gasteiger partial charge in [0.2, 0.25) is 0 Å². The summed E-state index contributed by atoms with van der Waals surface area (Å²) in [7, 11) is 0. The van der Waals surface area contributed by atoms with Gasteiger partial charge in [0.15, 0.2) is 17.8 Å². The molecule has 0 unspecified atom stereocenters. The number of phenols is 1. The smallest absolute Gasteiger partial charge is 0.165 e. The summed E-state index contributed by atoms with van der Waals surface area (Å²) in [5.74, 6) is 1.08. The lowest BCUT2D eigenvalue weighted by molar-refractivity contribution is 0.112. The van der Waals surface area contributed by atoms with Crippen LogP contribution in [0.25, 0.3) is 39.5 Å². The fourth-order valence-electron chi connectivity index (χ4n) is 5.08. The lowest BCUT2D eigenvalue weighted by Crippen LogP contribution is -2.16. The number of nitrogen functional groups attached to an aromatic ring is 1. The number of carbonyl (C=O) groups is 1. The number of nitrogens with zero attached hydrogens (tertiary/aromatic N) is 4. The van der Waals surface area contributed by atoms with Gasteiger partial charge in [0.25, 0.3) is 0 Å². The highest BCUT2D eigenvalue weighted by molar-refractivity contribution is 7.99. The Bertz CT molecular complexity index is 1940. The van der Waals surface area contributed by atoms with Gasteiger partial charge in [0, 0.05) is 35.9 Å². The molecule has 10 heteroatoms. The third-order valence-electron chi connectivity index (χ3n) is 7.30. The Hall–Kier alpha value is -5.19. The number of aromatic hydroxyl groups is 1. The molecule has 0 fully saturated rings. The number of fused-ring (bicyclic) bond motifs is 1. The molecule has 3 heterocycles. The van der Waals surface area contributed by atoms with Gasteiger partial charge in [-0.3, -0.25) is 9.36 Å². The minimum atomic E-state index is 0.00950. The van der Waals surface area contributed by atoms with Crippen molar-refractivity contribution in [1.29, 1.82) is 0 Å². The maximum absolute atomic E-state index is 10.9. The van der Waals surface area contributed by atoms with Crippen LogP contribution in [-0.2, 0) is 13.0 Å². The van der Waals surface area contributed by atoms with Gasteiger partial charge in [-0.05, 0) is 84.8 Å². The van der Waals surface area contributed by atoms with Gasteiger partial charge in [0.1, 0.15) is 17.1 Å². The van der Waals surface area contributed by atoms with Crippen molar-refractivity contribution in [2.75, 3.05) is 23.3 Å². The maximum atomic E-state index is 10.9. The summed E-state index contributed by atoms with van der Waals surface area (Å²) in [5.41, 5.74) is 14.6. The van der Waals surface area contributed by atoms with Crippen LogP contribution in [0.15, 0.2) is 97.2 Å². The topological polar surface area (TPSA) is 131 Å². The van der Waals surface area contributed by atoms with Crippen LogP contribution >= 0.6 is 11.9 Å². The van der Waals surface area contributed by atoms with E-state index in [1.165, 1.54) is 0 Å². The Morgan fingerprint density at radius 1 is 0.955 bits per heavy atom. The first-order valence-electron chi connectivity index (χ1n) is 14.1. The molecule has 3 aromatic carbocycles. The molecule has 6 aromatic rings. The number of rotatable bonds is 11. The van der Waals surface area contributed by atoms with E-state index in [1.807, 2.05) is 59.4 Å². The van der Waals surface area contributed by atoms with Gasteiger partial charge in [-0.15, -0.1) is 0 Å². The van der Waals surface area contributed by atoms with Gasteiger partial charge in [-0.25, -0.2) is 15.0 Å². The second-order valence-corrected chi connectivity index (χ2v) is 10.8. The number of aromatic nitrogens is 4. The zero-order valence-electron chi connectivity index (χ0n) is 24.1. The minimum absolute atomic E-state index is 0.00950. The number of anilines is 2. The van der Waals surface area contributed by atoms with Gasteiger partial charge < -0.3 is 20.9 Å². The number of carbonyl (C=O) groups excluding carboxylic acids is 1. The molecule has 3 aromatic heterocycles. The molecule has 0 saturated heterocycles. The van der Waals surface area contributed by atoms with Crippen LogP contribution in [0.4, 0.5) is 11.5 Å². The van der Waals surface area contributed by atoms with Crippen LogP contribution in [0.3, 0.4) is 0 Å². The summed E-state index contributed by atoms with van der Waals surface area (Å²) in [5, 5.41) is 13.4. The first kappa shape index (κ1) is 28.9. The summed E-state index contributed by atoms with van der Waals surface area (Å²) in [6, 6.07) is 29.3. The molecule has 0 amide bonds. The zero-order valence-corrected chi connectivity index (χ0v) is 24.9. The third kappa shape index (κ3) is 6.12. The molecule has 5 N–H and O–H groups in total. The molecule has 0 aliphatic rings. The molecular formula is C34H31N7O2S. The first-order chi connectivity index (χ1) is 21.5. The maximum Gasteiger partial charge on any atom is 0.165 e. The SMILES string of the molecule is CSNc1cccc(-c2ccc3nc(-c4cccnc4N)n(-c4ccc(CNCCc5ccc(C=O)c(O)c5)cc4)c3n2)c1. The molecule has 0 aliphatic heterocycles. The van der Waals surface area contributed by atoms with Gasteiger partial charge in [0.05, 0.1) is 16.8 Å². The van der Waals surface area contributed by atoms with Crippen molar-refractivity contribution in [2.24, 2.45) is 0 Å². The molecule has 0 saturated carbocycles. The highest BCUT2D eigenvalue weighted by atomic mass is 32.2. The van der Waals surface area contributed by atoms with Crippen LogP contribution in [-0.4, -0.2) is 43.7 Å². The minimum Gasteiger partial charge on any atom is -0.507 e. The van der Waals surface area contributed by atoms with E-state index in [0.717, 1.165) is 63.5 Å². The first-order valence-corrected chi connectivity index (χ1v) is 15.3. The Kier molecular flexibility index (Phi) is 8.53. The van der Waals surface area contributed by atoms with Crippen molar-refractivity contribution in [3.63, 3.8) is 0 Å². The quantitative estimate of drug-likeness (QED) is 0.0771. The predicted octanol–water partition coefficient (Wildman–Crippen LogP) is 6.27. The molecule has 6 rings (SSSR count). The Morgan fingerprint density at radius 3 is 2.57 bits per heavy atom. The molecule has 0 atom stereocenters. The average Bonchev–Trinajstić information content (AvgIpc) is 3.42. The van der Waals surface area contributed by atoms with Crippen molar-refractivity contribution in [3.8, 4) is 34.1 Å². The molecular weight excluding hydrogens is 570 g/mol. The van der Waals surface area contributed by atoms with Crippen LogP contribution in [0.1, 0.15) is 21.5 Å². The number of nitrogens with one attached hydrogen (secondary N) is 2. The van der Waals surface area contributed by atoms with E-state index in [-0.39, 0.29) is 5.75 Å². The normalized spacial score (nSPS) is 11.1. The van der Waals surface area contributed by atoms with Crippen molar-refractivity contribution in [3.05, 3.63) is 114 Å². The van der Waals surface area contributed by atoms with Crippen molar-refractivity contribution < 1.29 is 9.90 Å². The number of nitrogens with two attached hydrogens (primary N) is 1. The number of hydrogen-bond acceptors (Lipinski definition) is 9. The van der Waals surface area contributed by atoms with E-state index >= 15 is 0 Å². The van der Waals surface area contributed by atoms with Gasteiger partial charge >= 0.3 is 0 Å². The Labute approximate surface area is 259 Å². The fraction of sp³-hybridized carbons (Fsp3) is 0.118. The number of aldehydes is 1. The number of pyridine rings is 2. The summed E-state index contributed by atoms with van der Waals surface area (Å²) in [6.07, 6.45) is 5.04. The highest BCUT2D eigenvalue weighted by Gasteiger charge is 2.19. The fourth-order valence-corrected chi connectivity index (χ4v) is 5.45. The summed E-state index contributed by atoms with van der Waals surface area (Å²) >= 11 is 1.54. The summed E-state index contributed by atoms with van der Waals surface area (Å²) < 4.78 is 5.32. The second kappa shape index (κ2) is 13.0. The number of hydrogen-bond donors (Lipinski definition) is 4. The molecule has 44 heavy (non-hydrogen) atoms.